The van der Waals surface area contributed by atoms with Crippen molar-refractivity contribution in [1.82, 2.24) is 9.88 Å². The molecule has 9 heteroatoms. The minimum absolute atomic E-state index is 0.0645. The number of primary amides is 1. The van der Waals surface area contributed by atoms with Crippen LogP contribution in [0.15, 0.2) is 16.9 Å². The Morgan fingerprint density at radius 2 is 1.83 bits per heavy atom. The molecule has 0 spiro atoms. The van der Waals surface area contributed by atoms with Crippen molar-refractivity contribution in [3.8, 4) is 0 Å². The first-order chi connectivity index (χ1) is 10.4. The van der Waals surface area contributed by atoms with Crippen molar-refractivity contribution in [3.63, 3.8) is 0 Å². The van der Waals surface area contributed by atoms with Crippen molar-refractivity contribution >= 4 is 11.8 Å². The number of hydrogen-bond acceptors (Lipinski definition) is 3. The molecule has 0 saturated heterocycles. The number of hydrogen-bond donors (Lipinski definition) is 2. The van der Waals surface area contributed by atoms with E-state index in [1.807, 2.05) is 13.8 Å². The Kier molecular flexibility index (Phi) is 5.57. The Labute approximate surface area is 130 Å². The maximum absolute atomic E-state index is 13.0. The number of pyridine rings is 1. The molecule has 128 valence electrons. The van der Waals surface area contributed by atoms with Crippen LogP contribution in [0.25, 0.3) is 0 Å². The lowest BCUT2D eigenvalue weighted by Gasteiger charge is -2.20. The molecule has 0 saturated carbocycles. The summed E-state index contributed by atoms with van der Waals surface area (Å²) in [5.41, 5.74) is 1.78. The molecule has 1 heterocycles. The number of aromatic nitrogens is 1. The molecular formula is C14H18F3N3O3. The van der Waals surface area contributed by atoms with Gasteiger partial charge in [-0.1, -0.05) is 13.8 Å². The SMILES string of the molecule is CC(C)[C@@H](C)NC(=O)Cn1c(C(F)(F)F)ccc(C(N)=O)c1=O. The molecule has 1 aromatic rings. The van der Waals surface area contributed by atoms with Crippen LogP contribution >= 0.6 is 0 Å². The van der Waals surface area contributed by atoms with E-state index >= 15 is 0 Å². The highest BCUT2D eigenvalue weighted by molar-refractivity contribution is 5.92. The third-order valence-electron chi connectivity index (χ3n) is 3.42. The normalized spacial score (nSPS) is 13.0. The summed E-state index contributed by atoms with van der Waals surface area (Å²) in [6, 6.07) is 0.978. The van der Waals surface area contributed by atoms with Crippen molar-refractivity contribution in [2.75, 3.05) is 0 Å². The van der Waals surface area contributed by atoms with Gasteiger partial charge in [-0.25, -0.2) is 0 Å². The molecule has 2 amide bonds. The van der Waals surface area contributed by atoms with Crippen molar-refractivity contribution < 1.29 is 22.8 Å². The van der Waals surface area contributed by atoms with Crippen molar-refractivity contribution in [2.24, 2.45) is 11.7 Å². The zero-order valence-electron chi connectivity index (χ0n) is 12.9. The van der Waals surface area contributed by atoms with E-state index in [1.54, 1.807) is 6.92 Å². The number of nitrogens with two attached hydrogens (primary N) is 1. The molecular weight excluding hydrogens is 315 g/mol. The van der Waals surface area contributed by atoms with E-state index in [4.69, 9.17) is 5.73 Å². The van der Waals surface area contributed by atoms with Crippen LogP contribution in [0.2, 0.25) is 0 Å². The fraction of sp³-hybridized carbons (Fsp3) is 0.500. The summed E-state index contributed by atoms with van der Waals surface area (Å²) >= 11 is 0. The Morgan fingerprint density at radius 3 is 2.26 bits per heavy atom. The van der Waals surface area contributed by atoms with E-state index in [0.29, 0.717) is 12.1 Å². The van der Waals surface area contributed by atoms with Gasteiger partial charge >= 0.3 is 6.18 Å². The van der Waals surface area contributed by atoms with Gasteiger partial charge in [-0.15, -0.1) is 0 Å². The molecule has 0 aliphatic heterocycles. The summed E-state index contributed by atoms with van der Waals surface area (Å²) in [5.74, 6) is -1.86. The molecule has 0 fully saturated rings. The summed E-state index contributed by atoms with van der Waals surface area (Å²) in [6.07, 6.45) is -4.85. The van der Waals surface area contributed by atoms with Gasteiger partial charge in [-0.2, -0.15) is 13.2 Å². The zero-order valence-corrected chi connectivity index (χ0v) is 12.9. The number of rotatable bonds is 5. The molecule has 1 rings (SSSR count). The Morgan fingerprint density at radius 1 is 1.26 bits per heavy atom. The average molecular weight is 333 g/mol. The molecule has 1 aromatic heterocycles. The van der Waals surface area contributed by atoms with Crippen LogP contribution in [0, 0.1) is 5.92 Å². The van der Waals surface area contributed by atoms with Gasteiger partial charge in [0.2, 0.25) is 5.91 Å². The van der Waals surface area contributed by atoms with E-state index in [-0.39, 0.29) is 16.5 Å². The second kappa shape index (κ2) is 6.84. The zero-order chi connectivity index (χ0) is 17.9. The maximum atomic E-state index is 13.0. The number of nitrogens with one attached hydrogen (secondary N) is 1. The van der Waals surface area contributed by atoms with Gasteiger partial charge in [0.05, 0.1) is 0 Å². The minimum Gasteiger partial charge on any atom is -0.365 e. The highest BCUT2D eigenvalue weighted by Crippen LogP contribution is 2.28. The van der Waals surface area contributed by atoms with Crippen molar-refractivity contribution in [1.29, 1.82) is 0 Å². The van der Waals surface area contributed by atoms with E-state index in [2.05, 4.69) is 5.32 Å². The Bertz CT molecular complexity index is 665. The van der Waals surface area contributed by atoms with Crippen LogP contribution in [0.4, 0.5) is 13.2 Å². The highest BCUT2D eigenvalue weighted by Gasteiger charge is 2.35. The van der Waals surface area contributed by atoms with E-state index < -0.39 is 41.4 Å². The van der Waals surface area contributed by atoms with Gasteiger partial charge in [-0.3, -0.25) is 19.0 Å². The molecule has 0 aliphatic carbocycles. The third kappa shape index (κ3) is 4.57. The molecule has 3 N–H and O–H groups in total. The molecule has 0 bridgehead atoms. The Balaban J connectivity index is 3.26. The van der Waals surface area contributed by atoms with E-state index in [0.717, 1.165) is 0 Å². The number of carbonyl (C=O) groups is 2. The van der Waals surface area contributed by atoms with Crippen LogP contribution in [0.3, 0.4) is 0 Å². The lowest BCUT2D eigenvalue weighted by atomic mass is 10.1. The third-order valence-corrected chi connectivity index (χ3v) is 3.42. The topological polar surface area (TPSA) is 94.2 Å². The molecule has 0 aliphatic rings. The van der Waals surface area contributed by atoms with Gasteiger partial charge in [0.1, 0.15) is 17.8 Å². The van der Waals surface area contributed by atoms with Gasteiger partial charge < -0.3 is 11.1 Å². The number of alkyl halides is 3. The van der Waals surface area contributed by atoms with E-state index in [1.165, 1.54) is 0 Å². The number of carbonyl (C=O) groups excluding carboxylic acids is 2. The highest BCUT2D eigenvalue weighted by atomic mass is 19.4. The molecule has 0 aromatic carbocycles. The first-order valence-electron chi connectivity index (χ1n) is 6.85. The monoisotopic (exact) mass is 333 g/mol. The van der Waals surface area contributed by atoms with Crippen LogP contribution < -0.4 is 16.6 Å². The first-order valence-corrected chi connectivity index (χ1v) is 6.85. The standard InChI is InChI=1S/C14H18F3N3O3/c1-7(2)8(3)19-11(21)6-20-10(14(15,16)17)5-4-9(12(18)22)13(20)23/h4-5,7-8H,6H2,1-3H3,(H2,18,22)(H,19,21)/t8-/m1/s1. The largest absolute Gasteiger partial charge is 0.431 e. The van der Waals surface area contributed by atoms with Crippen LogP contribution in [0.1, 0.15) is 36.8 Å². The molecule has 0 unspecified atom stereocenters. The predicted octanol–water partition coefficient (Wildman–Crippen LogP) is 1.13. The number of nitrogens with zero attached hydrogens (tertiary/aromatic N) is 1. The van der Waals surface area contributed by atoms with Crippen LogP contribution in [0.5, 0.6) is 0 Å². The van der Waals surface area contributed by atoms with Crippen molar-refractivity contribution in [3.05, 3.63) is 33.7 Å². The van der Waals surface area contributed by atoms with E-state index in [9.17, 15) is 27.6 Å². The summed E-state index contributed by atoms with van der Waals surface area (Å²) in [4.78, 5) is 35.0. The Hall–Kier alpha value is -2.32. The molecule has 6 nitrogen and oxygen atoms in total. The predicted molar refractivity (Wildman–Crippen MR) is 76.7 cm³/mol. The van der Waals surface area contributed by atoms with Crippen LogP contribution in [-0.2, 0) is 17.5 Å². The number of amides is 2. The lowest BCUT2D eigenvalue weighted by Crippen LogP contribution is -2.42. The second-order valence-corrected chi connectivity index (χ2v) is 5.49. The number of halogens is 3. The van der Waals surface area contributed by atoms with Gasteiger partial charge in [0.25, 0.3) is 11.5 Å². The summed E-state index contributed by atoms with van der Waals surface area (Å²) in [6.45, 7) is 4.49. The lowest BCUT2D eigenvalue weighted by molar-refractivity contribution is -0.144. The molecule has 0 radical (unpaired) electrons. The van der Waals surface area contributed by atoms with Gasteiger partial charge in [0, 0.05) is 6.04 Å². The minimum atomic E-state index is -4.85. The van der Waals surface area contributed by atoms with Gasteiger partial charge in [-0.05, 0) is 25.0 Å². The maximum Gasteiger partial charge on any atom is 0.431 e. The smallest absolute Gasteiger partial charge is 0.365 e. The summed E-state index contributed by atoms with van der Waals surface area (Å²) < 4.78 is 39.2. The quantitative estimate of drug-likeness (QED) is 0.845. The van der Waals surface area contributed by atoms with Gasteiger partial charge in [0.15, 0.2) is 0 Å². The summed E-state index contributed by atoms with van der Waals surface area (Å²) in [5, 5.41) is 2.50. The molecule has 1 atom stereocenters. The summed E-state index contributed by atoms with van der Waals surface area (Å²) in [7, 11) is 0. The average Bonchev–Trinajstić information content (AvgIpc) is 2.38. The van der Waals surface area contributed by atoms with Crippen LogP contribution in [-0.4, -0.2) is 22.4 Å². The van der Waals surface area contributed by atoms with Crippen molar-refractivity contribution in [2.45, 2.75) is 39.5 Å². The fourth-order valence-corrected chi connectivity index (χ4v) is 1.78. The second-order valence-electron chi connectivity index (χ2n) is 5.49. The molecule has 23 heavy (non-hydrogen) atoms. The first kappa shape index (κ1) is 18.7. The fourth-order valence-electron chi connectivity index (χ4n) is 1.78.